The number of carbonyl (C=O) groups is 3. The van der Waals surface area contributed by atoms with Crippen molar-refractivity contribution in [1.82, 2.24) is 14.7 Å². The van der Waals surface area contributed by atoms with Crippen LogP contribution in [0.25, 0.3) is 0 Å². The summed E-state index contributed by atoms with van der Waals surface area (Å²) in [5, 5.41) is 0. The van der Waals surface area contributed by atoms with Crippen LogP contribution in [0.15, 0.2) is 0 Å². The van der Waals surface area contributed by atoms with E-state index in [0.29, 0.717) is 38.9 Å². The van der Waals surface area contributed by atoms with Crippen LogP contribution >= 0.6 is 0 Å². The molecule has 0 aromatic carbocycles. The van der Waals surface area contributed by atoms with Crippen LogP contribution in [-0.2, 0) is 23.9 Å². The van der Waals surface area contributed by atoms with Crippen molar-refractivity contribution in [2.45, 2.75) is 46.8 Å². The zero-order chi connectivity index (χ0) is 20.3. The lowest BCUT2D eigenvalue weighted by Gasteiger charge is -2.32. The first-order valence-electron chi connectivity index (χ1n) is 9.68. The maximum Gasteiger partial charge on any atom is 0.294 e. The molecule has 1 heterocycles. The molecule has 0 N–H and O–H groups in total. The lowest BCUT2D eigenvalue weighted by Crippen LogP contribution is -2.44. The van der Waals surface area contributed by atoms with Crippen molar-refractivity contribution in [3.63, 3.8) is 0 Å². The lowest BCUT2D eigenvalue weighted by atomic mass is 9.88. The highest BCUT2D eigenvalue weighted by Crippen LogP contribution is 2.20. The molecule has 1 saturated heterocycles. The van der Waals surface area contributed by atoms with Crippen molar-refractivity contribution in [3.05, 3.63) is 0 Å². The second-order valence-corrected chi connectivity index (χ2v) is 7.88. The highest BCUT2D eigenvalue weighted by Gasteiger charge is 2.27. The number of nitrogens with zero attached hydrogens (tertiary/aromatic N) is 3. The first-order chi connectivity index (χ1) is 12.8. The van der Waals surface area contributed by atoms with Gasteiger partial charge in [0.2, 0.25) is 0 Å². The molecule has 1 rings (SSSR count). The number of ether oxygens (including phenoxy) is 2. The van der Waals surface area contributed by atoms with Crippen LogP contribution in [0, 0.1) is 5.41 Å². The summed E-state index contributed by atoms with van der Waals surface area (Å²) in [6.45, 7) is 14.5. The fourth-order valence-corrected chi connectivity index (χ4v) is 3.06. The van der Waals surface area contributed by atoms with Gasteiger partial charge in [-0.3, -0.25) is 24.2 Å². The molecule has 1 atom stereocenters. The minimum Gasteiger partial charge on any atom is -0.452 e. The number of rotatable bonds is 10. The summed E-state index contributed by atoms with van der Waals surface area (Å²) in [6, 6.07) is 0. The van der Waals surface area contributed by atoms with E-state index >= 15 is 0 Å². The number of Topliss-reactive ketones (excluding diaryl/α,β-unsaturated/α-hetero) is 1. The minimum absolute atomic E-state index is 0.155. The molecule has 1 aliphatic rings. The summed E-state index contributed by atoms with van der Waals surface area (Å²) < 4.78 is 10.3. The molecule has 0 amide bonds. The summed E-state index contributed by atoms with van der Waals surface area (Å²) in [6.07, 6.45) is 0.416. The van der Waals surface area contributed by atoms with Crippen LogP contribution in [0.2, 0.25) is 0 Å². The number of carbonyl (C=O) groups excluding carboxylic acids is 3. The van der Waals surface area contributed by atoms with E-state index in [2.05, 4.69) is 21.6 Å². The van der Waals surface area contributed by atoms with Crippen LogP contribution < -0.4 is 0 Å². The predicted octanol–water partition coefficient (Wildman–Crippen LogP) is 0.951. The average Bonchev–Trinajstić information content (AvgIpc) is 2.72. The molecule has 1 fully saturated rings. The molecule has 1 aliphatic heterocycles. The van der Waals surface area contributed by atoms with E-state index in [-0.39, 0.29) is 12.5 Å². The predicted molar refractivity (Wildman–Crippen MR) is 102 cm³/mol. The fraction of sp³-hybridized carbons (Fsp3) is 0.842. The Morgan fingerprint density at radius 1 is 1.00 bits per heavy atom. The first kappa shape index (κ1) is 23.5. The molecule has 0 aromatic rings. The van der Waals surface area contributed by atoms with E-state index in [1.807, 2.05) is 20.8 Å². The van der Waals surface area contributed by atoms with Gasteiger partial charge in [0.05, 0.1) is 0 Å². The molecule has 0 saturated carbocycles. The van der Waals surface area contributed by atoms with Crippen molar-refractivity contribution >= 4 is 18.7 Å². The molecule has 1 unspecified atom stereocenters. The molecule has 0 aliphatic carbocycles. The largest absolute Gasteiger partial charge is 0.452 e. The average molecular weight is 386 g/mol. The maximum atomic E-state index is 12.3. The van der Waals surface area contributed by atoms with Gasteiger partial charge in [0.15, 0.2) is 6.23 Å². The Balaban J connectivity index is 2.79. The Labute approximate surface area is 162 Å². The third-order valence-electron chi connectivity index (χ3n) is 4.99. The van der Waals surface area contributed by atoms with Crippen molar-refractivity contribution in [2.24, 2.45) is 5.41 Å². The van der Waals surface area contributed by atoms with Gasteiger partial charge in [-0.25, -0.2) is 0 Å². The van der Waals surface area contributed by atoms with Gasteiger partial charge in [-0.05, 0) is 6.54 Å². The van der Waals surface area contributed by atoms with Crippen molar-refractivity contribution in [2.75, 3.05) is 52.5 Å². The maximum absolute atomic E-state index is 12.3. The Morgan fingerprint density at radius 2 is 1.59 bits per heavy atom. The highest BCUT2D eigenvalue weighted by molar-refractivity contribution is 5.83. The summed E-state index contributed by atoms with van der Waals surface area (Å²) in [4.78, 5) is 40.3. The van der Waals surface area contributed by atoms with Crippen LogP contribution in [0.1, 0.15) is 40.5 Å². The minimum atomic E-state index is -0.431. The molecule has 0 radical (unpaired) electrons. The Kier molecular flexibility index (Phi) is 10.5. The second kappa shape index (κ2) is 12.0. The van der Waals surface area contributed by atoms with Crippen LogP contribution in [0.4, 0.5) is 0 Å². The van der Waals surface area contributed by atoms with Crippen molar-refractivity contribution in [3.8, 4) is 0 Å². The van der Waals surface area contributed by atoms with E-state index in [9.17, 15) is 14.4 Å². The smallest absolute Gasteiger partial charge is 0.294 e. The third kappa shape index (κ3) is 8.81. The third-order valence-corrected chi connectivity index (χ3v) is 4.99. The molecule has 0 aromatic heterocycles. The lowest BCUT2D eigenvalue weighted by molar-refractivity contribution is -0.146. The fourth-order valence-electron chi connectivity index (χ4n) is 3.06. The number of likely N-dealkylation sites (N-methyl/N-ethyl adjacent to an activating group) is 1. The normalized spacial score (nSPS) is 19.4. The summed E-state index contributed by atoms with van der Waals surface area (Å²) >= 11 is 0. The van der Waals surface area contributed by atoms with Gasteiger partial charge in [0.1, 0.15) is 12.5 Å². The van der Waals surface area contributed by atoms with Gasteiger partial charge in [-0.2, -0.15) is 0 Å². The van der Waals surface area contributed by atoms with E-state index in [1.54, 1.807) is 0 Å². The monoisotopic (exact) mass is 385 g/mol. The zero-order valence-corrected chi connectivity index (χ0v) is 17.2. The summed E-state index contributed by atoms with van der Waals surface area (Å²) in [7, 11) is 0. The number of hydrogen-bond acceptors (Lipinski definition) is 8. The van der Waals surface area contributed by atoms with Gasteiger partial charge in [0, 0.05) is 57.5 Å². The van der Waals surface area contributed by atoms with Crippen LogP contribution in [-0.4, -0.2) is 92.2 Å². The zero-order valence-electron chi connectivity index (χ0n) is 17.2. The van der Waals surface area contributed by atoms with Gasteiger partial charge in [-0.15, -0.1) is 0 Å². The van der Waals surface area contributed by atoms with Crippen molar-refractivity contribution < 1.29 is 23.9 Å². The summed E-state index contributed by atoms with van der Waals surface area (Å²) in [5.74, 6) is 0.155. The molecular weight excluding hydrogens is 350 g/mol. The van der Waals surface area contributed by atoms with Crippen molar-refractivity contribution in [1.29, 1.82) is 0 Å². The van der Waals surface area contributed by atoms with E-state index in [1.165, 1.54) is 0 Å². The number of hydrogen-bond donors (Lipinski definition) is 0. The Bertz CT molecular complexity index is 467. The van der Waals surface area contributed by atoms with Gasteiger partial charge < -0.3 is 14.4 Å². The van der Waals surface area contributed by atoms with Crippen LogP contribution in [0.5, 0.6) is 0 Å². The highest BCUT2D eigenvalue weighted by atomic mass is 16.5. The van der Waals surface area contributed by atoms with E-state index in [4.69, 9.17) is 9.47 Å². The quantitative estimate of drug-likeness (QED) is 0.514. The molecule has 8 nitrogen and oxygen atoms in total. The van der Waals surface area contributed by atoms with Gasteiger partial charge in [0.25, 0.3) is 12.9 Å². The molecule has 0 spiro atoms. The topological polar surface area (TPSA) is 79.4 Å². The Morgan fingerprint density at radius 3 is 2.15 bits per heavy atom. The van der Waals surface area contributed by atoms with Crippen LogP contribution in [0.3, 0.4) is 0 Å². The second-order valence-electron chi connectivity index (χ2n) is 7.88. The Hall–Kier alpha value is -1.51. The van der Waals surface area contributed by atoms with Gasteiger partial charge >= 0.3 is 0 Å². The molecule has 156 valence electrons. The van der Waals surface area contributed by atoms with Gasteiger partial charge in [-0.1, -0.05) is 27.7 Å². The number of ketones is 1. The standard InChI is InChI=1S/C19H35N3O5/c1-5-20-8-9-21(14-26-15-23)11-13-22(12-10-20)18(27-16-24)7-6-17(25)19(2,3)4/h15-16,18H,5-14H2,1-4H3. The summed E-state index contributed by atoms with van der Waals surface area (Å²) in [5.41, 5.74) is -0.401. The molecule has 27 heavy (non-hydrogen) atoms. The van der Waals surface area contributed by atoms with E-state index < -0.39 is 11.6 Å². The first-order valence-corrected chi connectivity index (χ1v) is 9.68. The molecule has 8 heteroatoms. The van der Waals surface area contributed by atoms with E-state index in [0.717, 1.165) is 32.7 Å². The SMILES string of the molecule is CCN1CCN(COC=O)CCN(C(CCC(=O)C(C)(C)C)OC=O)CC1. The molecular formula is C19H35N3O5. The molecule has 0 bridgehead atoms.